The van der Waals surface area contributed by atoms with Crippen LogP contribution in [0.2, 0.25) is 0 Å². The number of anilines is 1. The molecule has 20 heavy (non-hydrogen) atoms. The molecule has 2 bridgehead atoms. The van der Waals surface area contributed by atoms with Crippen molar-refractivity contribution < 1.29 is 14.3 Å². The second kappa shape index (κ2) is 3.58. The molecule has 3 heterocycles. The standard InChI is InChI=1S/C16H15NO3/c1-9-4-3-5-10(8-9)17-14(18)12-11-6-7-16(2,20-11)13(12)15(17)19/h3-8,11-13H,1-2H3/t11-,12+,13+,16-/m1/s1. The van der Waals surface area contributed by atoms with Gasteiger partial charge in [-0.2, -0.15) is 0 Å². The van der Waals surface area contributed by atoms with E-state index in [2.05, 4.69) is 0 Å². The second-order valence-electron chi connectivity index (χ2n) is 5.98. The minimum absolute atomic E-state index is 0.135. The molecule has 0 aliphatic carbocycles. The molecule has 2 fully saturated rings. The number of rotatable bonds is 1. The Kier molecular flexibility index (Phi) is 2.12. The Morgan fingerprint density at radius 1 is 1.25 bits per heavy atom. The van der Waals surface area contributed by atoms with Gasteiger partial charge in [-0.3, -0.25) is 9.59 Å². The highest BCUT2D eigenvalue weighted by Gasteiger charge is 2.65. The summed E-state index contributed by atoms with van der Waals surface area (Å²) >= 11 is 0. The van der Waals surface area contributed by atoms with Crippen molar-refractivity contribution >= 4 is 17.5 Å². The highest BCUT2D eigenvalue weighted by molar-refractivity contribution is 6.23. The van der Waals surface area contributed by atoms with E-state index >= 15 is 0 Å². The van der Waals surface area contributed by atoms with E-state index in [1.54, 1.807) is 0 Å². The highest BCUT2D eigenvalue weighted by Crippen LogP contribution is 2.52. The molecular weight excluding hydrogens is 254 g/mol. The average Bonchev–Trinajstić information content (AvgIpc) is 2.99. The molecule has 0 N–H and O–H groups in total. The van der Waals surface area contributed by atoms with Crippen molar-refractivity contribution in [3.05, 3.63) is 42.0 Å². The van der Waals surface area contributed by atoms with Crippen LogP contribution < -0.4 is 4.90 Å². The van der Waals surface area contributed by atoms with Gasteiger partial charge < -0.3 is 4.74 Å². The van der Waals surface area contributed by atoms with Crippen LogP contribution in [0.5, 0.6) is 0 Å². The van der Waals surface area contributed by atoms with Crippen LogP contribution in [0.4, 0.5) is 5.69 Å². The summed E-state index contributed by atoms with van der Waals surface area (Å²) in [6, 6.07) is 7.49. The van der Waals surface area contributed by atoms with Crippen molar-refractivity contribution in [2.75, 3.05) is 4.90 Å². The maximum Gasteiger partial charge on any atom is 0.241 e. The van der Waals surface area contributed by atoms with Crippen molar-refractivity contribution in [3.8, 4) is 0 Å². The topological polar surface area (TPSA) is 46.6 Å². The lowest BCUT2D eigenvalue weighted by molar-refractivity contribution is -0.126. The number of carbonyl (C=O) groups excluding carboxylic acids is 2. The Morgan fingerprint density at radius 2 is 2.05 bits per heavy atom. The molecular formula is C16H15NO3. The van der Waals surface area contributed by atoms with Crippen LogP contribution in [0, 0.1) is 18.8 Å². The van der Waals surface area contributed by atoms with E-state index < -0.39 is 5.60 Å². The van der Waals surface area contributed by atoms with E-state index in [0.29, 0.717) is 5.69 Å². The predicted octanol–water partition coefficient (Wildman–Crippen LogP) is 1.83. The lowest BCUT2D eigenvalue weighted by Crippen LogP contribution is -2.38. The number of ether oxygens (including phenoxy) is 1. The fourth-order valence-electron chi connectivity index (χ4n) is 3.67. The molecule has 3 aliphatic rings. The van der Waals surface area contributed by atoms with Crippen molar-refractivity contribution in [1.29, 1.82) is 0 Å². The Bertz CT molecular complexity index is 665. The summed E-state index contributed by atoms with van der Waals surface area (Å²) < 4.78 is 5.80. The molecule has 2 amide bonds. The number of hydrogen-bond donors (Lipinski definition) is 0. The quantitative estimate of drug-likeness (QED) is 0.577. The number of hydrogen-bond acceptors (Lipinski definition) is 3. The number of benzene rings is 1. The smallest absolute Gasteiger partial charge is 0.241 e. The van der Waals surface area contributed by atoms with Crippen LogP contribution in [0.3, 0.4) is 0 Å². The van der Waals surface area contributed by atoms with Crippen LogP contribution in [0.25, 0.3) is 0 Å². The van der Waals surface area contributed by atoms with Crippen LogP contribution >= 0.6 is 0 Å². The zero-order chi connectivity index (χ0) is 14.1. The number of fused-ring (bicyclic) bond motifs is 5. The maximum absolute atomic E-state index is 12.7. The molecule has 0 aromatic heterocycles. The van der Waals surface area contributed by atoms with E-state index in [9.17, 15) is 9.59 Å². The first kappa shape index (κ1) is 11.9. The van der Waals surface area contributed by atoms with Gasteiger partial charge in [0.2, 0.25) is 11.8 Å². The summed E-state index contributed by atoms with van der Waals surface area (Å²) in [5.41, 5.74) is 1.07. The van der Waals surface area contributed by atoms with E-state index in [-0.39, 0.29) is 29.8 Å². The first-order valence-electron chi connectivity index (χ1n) is 6.83. The summed E-state index contributed by atoms with van der Waals surface area (Å²) in [7, 11) is 0. The summed E-state index contributed by atoms with van der Waals surface area (Å²) in [6.07, 6.45) is 3.58. The monoisotopic (exact) mass is 269 g/mol. The number of aryl methyl sites for hydroxylation is 1. The summed E-state index contributed by atoms with van der Waals surface area (Å²) in [4.78, 5) is 26.7. The molecule has 0 spiro atoms. The molecule has 4 rings (SSSR count). The first-order chi connectivity index (χ1) is 9.51. The summed E-state index contributed by atoms with van der Waals surface area (Å²) in [5, 5.41) is 0. The summed E-state index contributed by atoms with van der Waals surface area (Å²) in [6.45, 7) is 3.84. The predicted molar refractivity (Wildman–Crippen MR) is 73.1 cm³/mol. The number of nitrogens with zero attached hydrogens (tertiary/aromatic N) is 1. The third-order valence-corrected chi connectivity index (χ3v) is 4.59. The lowest BCUT2D eigenvalue weighted by atomic mass is 9.78. The molecule has 3 aliphatic heterocycles. The van der Waals surface area contributed by atoms with E-state index in [1.165, 1.54) is 4.90 Å². The molecule has 1 aromatic rings. The zero-order valence-corrected chi connectivity index (χ0v) is 11.4. The van der Waals surface area contributed by atoms with Gasteiger partial charge in [-0.1, -0.05) is 24.3 Å². The van der Waals surface area contributed by atoms with Gasteiger partial charge >= 0.3 is 0 Å². The SMILES string of the molecule is Cc1cccc(N2C(=O)[C@@H]3[C@@H](C2=O)[C@@]2(C)C=C[C@H]3O2)c1. The minimum Gasteiger partial charge on any atom is -0.362 e. The van der Waals surface area contributed by atoms with Gasteiger partial charge in [0.1, 0.15) is 0 Å². The molecule has 0 unspecified atom stereocenters. The van der Waals surface area contributed by atoms with Gasteiger partial charge in [0.15, 0.2) is 0 Å². The Labute approximate surface area is 117 Å². The van der Waals surface area contributed by atoms with Gasteiger partial charge in [0.05, 0.1) is 29.2 Å². The normalized spacial score (nSPS) is 37.9. The zero-order valence-electron chi connectivity index (χ0n) is 11.4. The fourth-order valence-corrected chi connectivity index (χ4v) is 3.67. The van der Waals surface area contributed by atoms with Crippen LogP contribution in [-0.4, -0.2) is 23.5 Å². The third kappa shape index (κ3) is 1.29. The van der Waals surface area contributed by atoms with Crippen LogP contribution in [0.15, 0.2) is 36.4 Å². The van der Waals surface area contributed by atoms with Crippen LogP contribution in [-0.2, 0) is 14.3 Å². The molecule has 4 heteroatoms. The Morgan fingerprint density at radius 3 is 2.75 bits per heavy atom. The van der Waals surface area contributed by atoms with E-state index in [1.807, 2.05) is 50.3 Å². The molecule has 1 aromatic carbocycles. The first-order valence-corrected chi connectivity index (χ1v) is 6.83. The van der Waals surface area contributed by atoms with Gasteiger partial charge in [-0.25, -0.2) is 4.90 Å². The molecule has 0 radical (unpaired) electrons. The number of amides is 2. The van der Waals surface area contributed by atoms with Crippen molar-refractivity contribution in [1.82, 2.24) is 0 Å². The van der Waals surface area contributed by atoms with Crippen molar-refractivity contribution in [3.63, 3.8) is 0 Å². The average molecular weight is 269 g/mol. The van der Waals surface area contributed by atoms with Gasteiger partial charge in [0.25, 0.3) is 0 Å². The summed E-state index contributed by atoms with van der Waals surface area (Å²) in [5.74, 6) is -1.02. The molecule has 0 saturated carbocycles. The van der Waals surface area contributed by atoms with Gasteiger partial charge in [-0.15, -0.1) is 0 Å². The fraction of sp³-hybridized carbons (Fsp3) is 0.375. The second-order valence-corrected chi connectivity index (χ2v) is 5.98. The van der Waals surface area contributed by atoms with E-state index in [0.717, 1.165) is 5.56 Å². The Balaban J connectivity index is 1.79. The van der Waals surface area contributed by atoms with Crippen molar-refractivity contribution in [2.24, 2.45) is 11.8 Å². The minimum atomic E-state index is -0.624. The highest BCUT2D eigenvalue weighted by atomic mass is 16.5. The number of carbonyl (C=O) groups is 2. The molecule has 4 nitrogen and oxygen atoms in total. The van der Waals surface area contributed by atoms with Crippen molar-refractivity contribution in [2.45, 2.75) is 25.6 Å². The maximum atomic E-state index is 12.7. The van der Waals surface area contributed by atoms with E-state index in [4.69, 9.17) is 4.74 Å². The third-order valence-electron chi connectivity index (χ3n) is 4.59. The van der Waals surface area contributed by atoms with Gasteiger partial charge in [-0.05, 0) is 31.5 Å². The molecule has 4 atom stereocenters. The molecule has 102 valence electrons. The largest absolute Gasteiger partial charge is 0.362 e. The number of imide groups is 1. The Hall–Kier alpha value is -1.94. The van der Waals surface area contributed by atoms with Crippen LogP contribution in [0.1, 0.15) is 12.5 Å². The molecule has 2 saturated heterocycles. The van der Waals surface area contributed by atoms with Gasteiger partial charge in [0, 0.05) is 0 Å². The lowest BCUT2D eigenvalue weighted by Gasteiger charge is -2.24.